The van der Waals surface area contributed by atoms with Gasteiger partial charge in [0.25, 0.3) is 10.1 Å². The van der Waals surface area contributed by atoms with E-state index in [1.165, 1.54) is 27.7 Å². The van der Waals surface area contributed by atoms with Crippen LogP contribution < -0.4 is 0 Å². The Bertz CT molecular complexity index is 4910. The first-order chi connectivity index (χ1) is 59.8. The molecule has 10 heterocycles. The fraction of sp³-hybridized carbons (Fsp3) is 0.671. The summed E-state index contributed by atoms with van der Waals surface area (Å²) in [5.74, 6) is -21.5. The van der Waals surface area contributed by atoms with E-state index < -0.39 is 318 Å². The molecule has 10 saturated heterocycles. The Kier molecular flexibility index (Phi) is 22.8. The molecule has 10 aliphatic carbocycles. The second kappa shape index (κ2) is 33.1. The maximum absolute atomic E-state index is 13.3. The van der Waals surface area contributed by atoms with E-state index in [2.05, 4.69) is 31.1 Å². The molecule has 12 bridgehead atoms. The average Bonchev–Trinajstić information content (AvgIpc) is 1.56. The SMILES string of the molecule is C=C(C)C(=O)OCC(=O)OC1C2CC3C1OC(=O)C3C2C(=O)OC1C2CC3C(=O)OC1C3O2.C=C(C)C(=O)OCC(=O)OC1C2CC3C1OC(=O)C3C2C(=O)OC1C2CC3C1OS(=O)(=O)C3C2.C=C(C)C(=O)OCC(=O)OC1C2CC3C1OC(=O)C3C2C(=O)OC1CCOC1=O.C=C(C)C(=O)OCC(=O)OC1C2CC3C1OC(=O)C3C2C(=O)OCC1COC(=O)O1. The van der Waals surface area contributed by atoms with Crippen LogP contribution in [0.2, 0.25) is 0 Å². The van der Waals surface area contributed by atoms with Crippen molar-refractivity contribution in [2.45, 2.75) is 182 Å². The molecule has 10 aliphatic heterocycles. The van der Waals surface area contributed by atoms with Gasteiger partial charge in [0, 0.05) is 87.9 Å². The highest BCUT2D eigenvalue weighted by atomic mass is 32.2. The van der Waals surface area contributed by atoms with E-state index in [4.69, 9.17) is 98.9 Å². The van der Waals surface area contributed by atoms with Crippen LogP contribution in [0.1, 0.15) is 79.1 Å². The Morgan fingerprint density at radius 2 is 0.746 bits per heavy atom. The molecule has 126 heavy (non-hydrogen) atoms. The Morgan fingerprint density at radius 3 is 1.12 bits per heavy atom. The normalized spacial score (nSPS) is 40.9. The van der Waals surface area contributed by atoms with Gasteiger partial charge in [0.15, 0.2) is 44.7 Å². The lowest BCUT2D eigenvalue weighted by molar-refractivity contribution is -0.175. The quantitative estimate of drug-likeness (QED) is 0.0453. The van der Waals surface area contributed by atoms with Crippen LogP contribution in [-0.4, -0.2) is 271 Å². The third kappa shape index (κ3) is 15.2. The van der Waals surface area contributed by atoms with Crippen LogP contribution >= 0.6 is 0 Å². The number of hydrogen-bond donors (Lipinski definition) is 0. The van der Waals surface area contributed by atoms with Gasteiger partial charge in [0.1, 0.15) is 80.4 Å². The van der Waals surface area contributed by atoms with Crippen molar-refractivity contribution in [1.29, 1.82) is 0 Å². The minimum absolute atomic E-state index is 0.0283. The average molecular weight is 1790 g/mol. The zero-order valence-corrected chi connectivity index (χ0v) is 68.5. The minimum Gasteiger partial charge on any atom is -0.463 e. The van der Waals surface area contributed by atoms with E-state index in [1.807, 2.05) is 0 Å². The number of ether oxygens (including phenoxy) is 21. The fourth-order valence-electron chi connectivity index (χ4n) is 23.0. The van der Waals surface area contributed by atoms with Gasteiger partial charge in [-0.15, -0.1) is 0 Å². The number of rotatable bonds is 25. The summed E-state index contributed by atoms with van der Waals surface area (Å²) in [6, 6.07) is 0. The summed E-state index contributed by atoms with van der Waals surface area (Å²) in [7, 11) is -3.65. The second-order valence-electron chi connectivity index (χ2n) is 35.3. The van der Waals surface area contributed by atoms with Gasteiger partial charge in [0.05, 0.1) is 71.2 Å². The Labute approximate surface area is 713 Å². The van der Waals surface area contributed by atoms with E-state index in [9.17, 15) is 99.5 Å². The summed E-state index contributed by atoms with van der Waals surface area (Å²) < 4.78 is 140. The monoisotopic (exact) mass is 1790 g/mol. The molecule has 0 radical (unpaired) electrons. The Balaban J connectivity index is 0.000000119. The summed E-state index contributed by atoms with van der Waals surface area (Å²) in [6.07, 6.45) is -8.45. The highest BCUT2D eigenvalue weighted by molar-refractivity contribution is 7.87. The third-order valence-electron chi connectivity index (χ3n) is 27.9. The minimum atomic E-state index is -3.65. The molecule has 20 aliphatic rings. The fourth-order valence-corrected chi connectivity index (χ4v) is 24.9. The maximum Gasteiger partial charge on any atom is 0.508 e. The van der Waals surface area contributed by atoms with E-state index in [0.29, 0.717) is 44.9 Å². The number of carbonyl (C=O) groups excluding carboxylic acids is 19. The first-order valence-electron chi connectivity index (χ1n) is 41.3. The second-order valence-corrected chi connectivity index (χ2v) is 37.1. The molecule has 44 heteroatoms. The van der Waals surface area contributed by atoms with Gasteiger partial charge in [-0.1, -0.05) is 26.3 Å². The van der Waals surface area contributed by atoms with Crippen molar-refractivity contribution in [1.82, 2.24) is 0 Å². The zero-order chi connectivity index (χ0) is 89.7. The molecular formula is C82H86O43S. The zero-order valence-electron chi connectivity index (χ0n) is 67.7. The maximum atomic E-state index is 13.3. The molecule has 0 amide bonds. The molecule has 20 fully saturated rings. The molecule has 0 spiro atoms. The molecule has 36 unspecified atom stereocenters. The van der Waals surface area contributed by atoms with Crippen LogP contribution in [0.25, 0.3) is 0 Å². The van der Waals surface area contributed by atoms with Crippen molar-refractivity contribution >= 4 is 124 Å². The van der Waals surface area contributed by atoms with E-state index in [0.717, 1.165) is 0 Å². The summed E-state index contributed by atoms with van der Waals surface area (Å²) in [4.78, 5) is 231. The molecule has 10 saturated carbocycles. The smallest absolute Gasteiger partial charge is 0.463 e. The van der Waals surface area contributed by atoms with Gasteiger partial charge in [-0.3, -0.25) is 47.3 Å². The number of hydrogen-bond acceptors (Lipinski definition) is 43. The van der Waals surface area contributed by atoms with Crippen molar-refractivity contribution in [2.75, 3.05) is 46.2 Å². The predicted molar refractivity (Wildman–Crippen MR) is 389 cm³/mol. The summed E-state index contributed by atoms with van der Waals surface area (Å²) in [5.41, 5.74) is 0.547. The van der Waals surface area contributed by atoms with E-state index in [-0.39, 0.29) is 95.9 Å². The molecule has 36 atom stereocenters. The van der Waals surface area contributed by atoms with E-state index >= 15 is 0 Å². The van der Waals surface area contributed by atoms with Gasteiger partial charge >= 0.3 is 114 Å². The standard InChI is InChI=1S/C22H24O11S.C22H22O11.C19H20O11.C19H20O10/c1-7(2)20(24)29-6-13(23)30-17-10-5-11-15(22(26)32-18(11)17)14(10)21(25)31-16-8-3-9-12(4-8)34(27,28)33-19(9)16;1-6(2)19(24)28-5-11(23)30-14-7-3-8-13(21(26)31-15(8)14)12(7)22(27)32-17-10-4-9-16(29-10)18(17)33-20(9)25;1-7(2)16(21)26-6-11(20)29-14-9-3-10-13(18(23)30-15(10)14)12(9)17(22)25-4-8-5-27-19(24)28-8;1-7(2)16(21)26-6-11(20)28-14-8-5-9-13(19(24)29-15(9)14)12(8)18(23)27-10-3-4-25-17(10)22/h8-12,14-19H,1,3-6H2,2H3;7-10,12-18H,1,3-5H2,2H3;8-10,12-15H,1,3-6H2,2H3;8-10,12-15H,1,3-6H2,2H3. The topological polar surface area (TPSA) is 562 Å². The molecule has 43 nitrogen and oxygen atoms in total. The van der Waals surface area contributed by atoms with Crippen LogP contribution in [0.3, 0.4) is 0 Å². The van der Waals surface area contributed by atoms with Crippen molar-refractivity contribution in [3.63, 3.8) is 0 Å². The number of carbonyl (C=O) groups is 19. The van der Waals surface area contributed by atoms with Gasteiger partial charge in [-0.25, -0.2) is 47.9 Å². The molecule has 678 valence electrons. The molecule has 20 rings (SSSR count). The van der Waals surface area contributed by atoms with Crippen molar-refractivity contribution in [3.05, 3.63) is 48.6 Å². The van der Waals surface area contributed by atoms with E-state index in [1.54, 1.807) is 0 Å². The van der Waals surface area contributed by atoms with Crippen LogP contribution in [0.15, 0.2) is 48.6 Å². The molecule has 0 aromatic rings. The Hall–Kier alpha value is -11.4. The van der Waals surface area contributed by atoms with Crippen LogP contribution in [0.5, 0.6) is 0 Å². The lowest BCUT2D eigenvalue weighted by Gasteiger charge is -2.32. The summed E-state index contributed by atoms with van der Waals surface area (Å²) >= 11 is 0. The Morgan fingerprint density at radius 1 is 0.365 bits per heavy atom. The van der Waals surface area contributed by atoms with Crippen molar-refractivity contribution < 1.29 is 203 Å². The predicted octanol–water partition coefficient (Wildman–Crippen LogP) is -1.09. The van der Waals surface area contributed by atoms with Crippen molar-refractivity contribution in [2.24, 2.45) is 112 Å². The third-order valence-corrected chi connectivity index (χ3v) is 29.7. The molecular weight excluding hydrogens is 1700 g/mol. The lowest BCUT2D eigenvalue weighted by Crippen LogP contribution is -2.47. The summed E-state index contributed by atoms with van der Waals surface area (Å²) in [6.45, 7) is 16.9. The summed E-state index contributed by atoms with van der Waals surface area (Å²) in [5, 5.41) is -0.534. The molecule has 0 aromatic carbocycles. The first kappa shape index (κ1) is 86.7. The van der Waals surface area contributed by atoms with Gasteiger partial charge < -0.3 is 99.5 Å². The lowest BCUT2D eigenvalue weighted by atomic mass is 9.78. The van der Waals surface area contributed by atoms with Crippen LogP contribution in [-0.2, 0) is 200 Å². The molecule has 0 aromatic heterocycles. The van der Waals surface area contributed by atoms with Gasteiger partial charge in [-0.2, -0.15) is 8.42 Å². The number of cyclic esters (lactones) is 3. The van der Waals surface area contributed by atoms with Gasteiger partial charge in [0.2, 0.25) is 6.10 Å². The number of fused-ring (bicyclic) bond motifs is 6. The first-order valence-corrected chi connectivity index (χ1v) is 42.8. The number of esters is 18. The van der Waals surface area contributed by atoms with Crippen molar-refractivity contribution in [3.8, 4) is 0 Å². The highest BCUT2D eigenvalue weighted by Crippen LogP contribution is 2.64. The largest absolute Gasteiger partial charge is 0.508 e. The van der Waals surface area contributed by atoms with Gasteiger partial charge in [-0.05, 0) is 72.6 Å². The van der Waals surface area contributed by atoms with Crippen LogP contribution in [0.4, 0.5) is 4.79 Å². The molecule has 0 N–H and O–H groups in total. The van der Waals surface area contributed by atoms with Crippen LogP contribution in [0, 0.1) is 112 Å². The highest BCUT2D eigenvalue weighted by Gasteiger charge is 2.76.